The number of rotatable bonds is 3. The number of thioether (sulfide) groups is 1. The Morgan fingerprint density at radius 1 is 0.967 bits per heavy atom. The first-order valence-corrected chi connectivity index (χ1v) is 12.0. The van der Waals surface area contributed by atoms with Crippen LogP contribution in [0.25, 0.3) is 0 Å². The number of ether oxygens (including phenoxy) is 2. The van der Waals surface area contributed by atoms with Gasteiger partial charge < -0.3 is 14.4 Å². The van der Waals surface area contributed by atoms with Crippen molar-refractivity contribution < 1.29 is 14.3 Å². The summed E-state index contributed by atoms with van der Waals surface area (Å²) in [6, 6.07) is 16.2. The number of hydrogen-bond donors (Lipinski definition) is 0. The Morgan fingerprint density at radius 3 is 2.33 bits per heavy atom. The Labute approximate surface area is 182 Å². The summed E-state index contributed by atoms with van der Waals surface area (Å²) in [5.41, 5.74) is 1.95. The van der Waals surface area contributed by atoms with E-state index in [-0.39, 0.29) is 17.9 Å². The molecular formula is C24H28N2O3S. The smallest absolute Gasteiger partial charge is 0.235 e. The summed E-state index contributed by atoms with van der Waals surface area (Å²) in [7, 11) is 0. The van der Waals surface area contributed by atoms with E-state index in [0.717, 1.165) is 79.9 Å². The molecule has 1 amide bonds. The number of morpholine rings is 1. The number of hydrogen-bond acceptors (Lipinski definition) is 5. The van der Waals surface area contributed by atoms with E-state index in [1.165, 1.54) is 0 Å². The molecule has 2 aromatic carbocycles. The molecule has 0 radical (unpaired) electrons. The molecule has 3 heterocycles. The summed E-state index contributed by atoms with van der Waals surface area (Å²) < 4.78 is 11.6. The molecule has 0 N–H and O–H groups in total. The fourth-order valence-electron chi connectivity index (χ4n) is 4.69. The average Bonchev–Trinajstić information content (AvgIpc) is 3.03. The van der Waals surface area contributed by atoms with E-state index in [1.807, 2.05) is 60.3 Å². The largest absolute Gasteiger partial charge is 0.457 e. The summed E-state index contributed by atoms with van der Waals surface area (Å²) >= 11 is 1.97. The molecule has 3 aliphatic rings. The first-order chi connectivity index (χ1) is 14.8. The van der Waals surface area contributed by atoms with Gasteiger partial charge in [-0.15, -0.1) is 0 Å². The number of benzene rings is 2. The highest BCUT2D eigenvalue weighted by Crippen LogP contribution is 2.45. The minimum absolute atomic E-state index is 0.207. The van der Waals surface area contributed by atoms with Crippen LogP contribution < -0.4 is 4.74 Å². The van der Waals surface area contributed by atoms with Gasteiger partial charge in [0.15, 0.2) is 0 Å². The lowest BCUT2D eigenvalue weighted by Crippen LogP contribution is -2.51. The summed E-state index contributed by atoms with van der Waals surface area (Å²) in [6.45, 7) is 5.22. The second-order valence-electron chi connectivity index (χ2n) is 8.14. The number of carbonyl (C=O) groups excluding carboxylic acids is 1. The van der Waals surface area contributed by atoms with Gasteiger partial charge in [0.1, 0.15) is 11.5 Å². The van der Waals surface area contributed by atoms with Crippen LogP contribution in [0.15, 0.2) is 48.5 Å². The highest BCUT2D eigenvalue weighted by Gasteiger charge is 2.38. The Hall–Kier alpha value is -2.02. The molecular weight excluding hydrogens is 396 g/mol. The van der Waals surface area contributed by atoms with Gasteiger partial charge in [0.25, 0.3) is 0 Å². The molecule has 0 aromatic heterocycles. The van der Waals surface area contributed by atoms with E-state index in [4.69, 9.17) is 9.47 Å². The van der Waals surface area contributed by atoms with Gasteiger partial charge >= 0.3 is 0 Å². The second-order valence-corrected chi connectivity index (χ2v) is 9.29. The highest BCUT2D eigenvalue weighted by molar-refractivity contribution is 7.99. The van der Waals surface area contributed by atoms with Crippen LogP contribution in [-0.4, -0.2) is 72.6 Å². The van der Waals surface area contributed by atoms with Gasteiger partial charge in [-0.2, -0.15) is 11.8 Å². The molecule has 1 atom stereocenters. The van der Waals surface area contributed by atoms with Gasteiger partial charge in [-0.1, -0.05) is 36.4 Å². The summed E-state index contributed by atoms with van der Waals surface area (Å²) in [6.07, 6.45) is 1.04. The summed E-state index contributed by atoms with van der Waals surface area (Å²) in [5.74, 6) is 3.60. The Balaban J connectivity index is 1.47. The van der Waals surface area contributed by atoms with E-state index >= 15 is 0 Å². The van der Waals surface area contributed by atoms with Crippen molar-refractivity contribution in [1.82, 2.24) is 9.80 Å². The third kappa shape index (κ3) is 3.96. The lowest BCUT2D eigenvalue weighted by Gasteiger charge is -2.38. The molecule has 2 saturated heterocycles. The fourth-order valence-corrected chi connectivity index (χ4v) is 5.75. The molecule has 3 aliphatic heterocycles. The van der Waals surface area contributed by atoms with E-state index in [2.05, 4.69) is 9.80 Å². The Morgan fingerprint density at radius 2 is 1.63 bits per heavy atom. The molecule has 2 fully saturated rings. The van der Waals surface area contributed by atoms with Gasteiger partial charge in [0.2, 0.25) is 5.91 Å². The maximum Gasteiger partial charge on any atom is 0.235 e. The summed E-state index contributed by atoms with van der Waals surface area (Å²) in [4.78, 5) is 18.7. The maximum atomic E-state index is 14.1. The first-order valence-electron chi connectivity index (χ1n) is 10.9. The third-order valence-corrected chi connectivity index (χ3v) is 7.42. The quantitative estimate of drug-likeness (QED) is 0.753. The number of amides is 1. The van der Waals surface area contributed by atoms with Crippen LogP contribution in [0.3, 0.4) is 0 Å². The number of nitrogens with zero attached hydrogens (tertiary/aromatic N) is 2. The van der Waals surface area contributed by atoms with Crippen molar-refractivity contribution in [2.24, 2.45) is 0 Å². The van der Waals surface area contributed by atoms with E-state index < -0.39 is 0 Å². The molecule has 158 valence electrons. The SMILES string of the molecule is O=C(C1c2ccccc2Oc2ccccc21)N1CCCSC[C@H]1CN1CCOCC1. The minimum atomic E-state index is -0.304. The molecule has 30 heavy (non-hydrogen) atoms. The average molecular weight is 425 g/mol. The second kappa shape index (κ2) is 9.00. The maximum absolute atomic E-state index is 14.1. The van der Waals surface area contributed by atoms with E-state index in [1.54, 1.807) is 0 Å². The lowest BCUT2D eigenvalue weighted by atomic mass is 9.86. The van der Waals surface area contributed by atoms with Gasteiger partial charge in [-0.05, 0) is 24.3 Å². The van der Waals surface area contributed by atoms with Crippen molar-refractivity contribution in [3.8, 4) is 11.5 Å². The van der Waals surface area contributed by atoms with E-state index in [0.29, 0.717) is 0 Å². The molecule has 0 aliphatic carbocycles. The topological polar surface area (TPSA) is 42.0 Å². The van der Waals surface area contributed by atoms with Crippen molar-refractivity contribution >= 4 is 17.7 Å². The molecule has 5 rings (SSSR count). The van der Waals surface area contributed by atoms with Crippen LogP contribution in [-0.2, 0) is 9.53 Å². The normalized spacial score (nSPS) is 22.5. The van der Waals surface area contributed by atoms with Crippen LogP contribution in [0.1, 0.15) is 23.5 Å². The molecule has 0 unspecified atom stereocenters. The predicted octanol–water partition coefficient (Wildman–Crippen LogP) is 3.59. The molecule has 2 aromatic rings. The van der Waals surface area contributed by atoms with Crippen LogP contribution in [0.5, 0.6) is 11.5 Å². The zero-order chi connectivity index (χ0) is 20.3. The van der Waals surface area contributed by atoms with Crippen molar-refractivity contribution in [2.75, 3.05) is 50.9 Å². The zero-order valence-electron chi connectivity index (χ0n) is 17.2. The van der Waals surface area contributed by atoms with Gasteiger partial charge in [-0.3, -0.25) is 9.69 Å². The van der Waals surface area contributed by atoms with Crippen LogP contribution in [0.4, 0.5) is 0 Å². The molecule has 5 nitrogen and oxygen atoms in total. The van der Waals surface area contributed by atoms with Crippen LogP contribution >= 0.6 is 11.8 Å². The predicted molar refractivity (Wildman–Crippen MR) is 120 cm³/mol. The lowest BCUT2D eigenvalue weighted by molar-refractivity contribution is -0.134. The minimum Gasteiger partial charge on any atom is -0.457 e. The number of fused-ring (bicyclic) bond motifs is 2. The van der Waals surface area contributed by atoms with Crippen LogP contribution in [0, 0.1) is 0 Å². The van der Waals surface area contributed by atoms with Crippen molar-refractivity contribution in [2.45, 2.75) is 18.4 Å². The summed E-state index contributed by atoms with van der Waals surface area (Å²) in [5, 5.41) is 0. The van der Waals surface area contributed by atoms with Crippen LogP contribution in [0.2, 0.25) is 0 Å². The zero-order valence-corrected chi connectivity index (χ0v) is 18.0. The molecule has 0 saturated carbocycles. The molecule has 6 heteroatoms. The monoisotopic (exact) mass is 424 g/mol. The highest BCUT2D eigenvalue weighted by atomic mass is 32.2. The first kappa shape index (κ1) is 19.9. The third-order valence-electron chi connectivity index (χ3n) is 6.22. The number of para-hydroxylation sites is 2. The molecule has 0 bridgehead atoms. The van der Waals surface area contributed by atoms with Crippen molar-refractivity contribution in [1.29, 1.82) is 0 Å². The van der Waals surface area contributed by atoms with Gasteiger partial charge in [-0.25, -0.2) is 0 Å². The van der Waals surface area contributed by atoms with Gasteiger partial charge in [0.05, 0.1) is 25.2 Å². The van der Waals surface area contributed by atoms with Gasteiger partial charge in [0, 0.05) is 43.1 Å². The van der Waals surface area contributed by atoms with Crippen molar-refractivity contribution in [3.63, 3.8) is 0 Å². The Kier molecular flexibility index (Phi) is 5.97. The number of carbonyl (C=O) groups is 1. The molecule has 0 spiro atoms. The van der Waals surface area contributed by atoms with Crippen molar-refractivity contribution in [3.05, 3.63) is 59.7 Å². The Bertz CT molecular complexity index is 854. The fraction of sp³-hybridized carbons (Fsp3) is 0.458. The van der Waals surface area contributed by atoms with E-state index in [9.17, 15) is 4.79 Å². The standard InChI is InChI=1S/C24H28N2O3S/c27-24(26-10-5-15-30-17-18(26)16-25-11-13-28-14-12-25)23-19-6-1-3-8-21(19)29-22-9-4-2-7-20(22)23/h1-4,6-9,18,23H,5,10-17H2/t18-/m1/s1.